The standard InChI is InChI=1S/C60H44N2/c1-4-15-41(16-5-1)45-21-14-22-46(37-45)43-27-32-50(33-28-43)61-56-25-12-10-23-52(56)54-38-47(30-35-58(54)61)48-31-36-59-55(39-48)53-24-11-13-26-57(53)62(59)60-40-49(42-17-6-2-7-18-42)29-34-51(60)44-19-8-3-9-20-44/h1-27,29-32,34-36,38-40,45H,28,33,37H2. The number of hydrogen-bond acceptors (Lipinski definition) is 0. The minimum atomic E-state index is 0.429. The molecule has 1 unspecified atom stereocenters. The van der Waals surface area contributed by atoms with Gasteiger partial charge in [0.1, 0.15) is 0 Å². The third-order valence-electron chi connectivity index (χ3n) is 13.2. The number of aromatic nitrogens is 2. The Morgan fingerprint density at radius 3 is 1.58 bits per heavy atom. The Kier molecular flexibility index (Phi) is 8.81. The number of benzene rings is 8. The molecule has 0 bridgehead atoms. The van der Waals surface area contributed by atoms with Crippen LogP contribution in [0.3, 0.4) is 0 Å². The molecule has 0 N–H and O–H groups in total. The van der Waals surface area contributed by atoms with Gasteiger partial charge in [-0.3, -0.25) is 0 Å². The summed E-state index contributed by atoms with van der Waals surface area (Å²) in [6, 6.07) is 71.3. The summed E-state index contributed by atoms with van der Waals surface area (Å²) in [5.74, 6) is 0.429. The van der Waals surface area contributed by atoms with Crippen LogP contribution in [-0.2, 0) is 0 Å². The fourth-order valence-corrected chi connectivity index (χ4v) is 10.2. The maximum Gasteiger partial charge on any atom is 0.0546 e. The molecular formula is C60H44N2. The first-order valence-electron chi connectivity index (χ1n) is 21.9. The molecule has 0 amide bonds. The van der Waals surface area contributed by atoms with Gasteiger partial charge in [-0.05, 0) is 112 Å². The second-order valence-electron chi connectivity index (χ2n) is 16.8. The third-order valence-corrected chi connectivity index (χ3v) is 13.2. The lowest BCUT2D eigenvalue weighted by molar-refractivity contribution is 0.798. The van der Waals surface area contributed by atoms with E-state index in [0.717, 1.165) is 19.3 Å². The molecule has 2 aliphatic carbocycles. The highest BCUT2D eigenvalue weighted by molar-refractivity contribution is 6.13. The predicted octanol–water partition coefficient (Wildman–Crippen LogP) is 16.1. The van der Waals surface area contributed by atoms with Crippen molar-refractivity contribution in [1.29, 1.82) is 0 Å². The molecule has 0 aliphatic heterocycles. The van der Waals surface area contributed by atoms with Gasteiger partial charge >= 0.3 is 0 Å². The number of hydrogen-bond donors (Lipinski definition) is 0. The Morgan fingerprint density at radius 1 is 0.371 bits per heavy atom. The molecule has 294 valence electrons. The summed E-state index contributed by atoms with van der Waals surface area (Å²) in [5.41, 5.74) is 19.0. The van der Waals surface area contributed by atoms with E-state index in [2.05, 4.69) is 234 Å². The van der Waals surface area contributed by atoms with Crippen molar-refractivity contribution in [2.75, 3.05) is 0 Å². The first-order chi connectivity index (χ1) is 30.7. The molecule has 0 fully saturated rings. The van der Waals surface area contributed by atoms with E-state index in [1.54, 1.807) is 0 Å². The molecule has 2 heterocycles. The van der Waals surface area contributed by atoms with E-state index < -0.39 is 0 Å². The molecule has 0 radical (unpaired) electrons. The molecule has 12 rings (SSSR count). The molecule has 2 aromatic heterocycles. The Balaban J connectivity index is 0.948. The molecule has 2 nitrogen and oxygen atoms in total. The SMILES string of the molecule is C1=CC(c2ccccc2)CC(C2=CC=C(n3c4ccccc4c4cc(-c5ccc6c(c5)c5ccccc5n6-c5cc(-c6ccccc6)ccc5-c5ccccc5)ccc43)CC2)=C1. The van der Waals surface area contributed by atoms with Gasteiger partial charge < -0.3 is 9.13 Å². The lowest BCUT2D eigenvalue weighted by Gasteiger charge is -2.24. The molecule has 62 heavy (non-hydrogen) atoms. The molecule has 0 saturated carbocycles. The van der Waals surface area contributed by atoms with Crippen molar-refractivity contribution >= 4 is 49.3 Å². The number of fused-ring (bicyclic) bond motifs is 6. The second-order valence-corrected chi connectivity index (χ2v) is 16.8. The zero-order valence-corrected chi connectivity index (χ0v) is 34.5. The average Bonchev–Trinajstić information content (AvgIpc) is 3.87. The van der Waals surface area contributed by atoms with Crippen molar-refractivity contribution < 1.29 is 0 Å². The van der Waals surface area contributed by atoms with Crippen molar-refractivity contribution in [3.05, 3.63) is 241 Å². The highest BCUT2D eigenvalue weighted by atomic mass is 15.0. The van der Waals surface area contributed by atoms with Crippen LogP contribution in [0.25, 0.3) is 88.4 Å². The van der Waals surface area contributed by atoms with Gasteiger partial charge in [-0.2, -0.15) is 0 Å². The van der Waals surface area contributed by atoms with E-state index in [1.807, 2.05) is 0 Å². The number of para-hydroxylation sites is 2. The van der Waals surface area contributed by atoms with Crippen LogP contribution in [0.4, 0.5) is 0 Å². The summed E-state index contributed by atoms with van der Waals surface area (Å²) in [4.78, 5) is 0. The monoisotopic (exact) mass is 792 g/mol. The molecular weight excluding hydrogens is 749 g/mol. The molecule has 0 saturated heterocycles. The molecule has 10 aromatic rings. The van der Waals surface area contributed by atoms with Crippen LogP contribution >= 0.6 is 0 Å². The maximum absolute atomic E-state index is 2.51. The van der Waals surface area contributed by atoms with Gasteiger partial charge in [-0.25, -0.2) is 0 Å². The number of rotatable bonds is 7. The van der Waals surface area contributed by atoms with E-state index in [0.29, 0.717) is 5.92 Å². The van der Waals surface area contributed by atoms with Gasteiger partial charge in [0, 0.05) is 38.7 Å². The van der Waals surface area contributed by atoms with Crippen LogP contribution in [0.15, 0.2) is 236 Å². The summed E-state index contributed by atoms with van der Waals surface area (Å²) in [5, 5.41) is 5.07. The zero-order chi connectivity index (χ0) is 41.0. The van der Waals surface area contributed by atoms with Crippen LogP contribution < -0.4 is 0 Å². The zero-order valence-electron chi connectivity index (χ0n) is 34.5. The molecule has 2 aliphatic rings. The summed E-state index contributed by atoms with van der Waals surface area (Å²) in [6.45, 7) is 0. The van der Waals surface area contributed by atoms with Crippen LogP contribution in [0, 0.1) is 0 Å². The van der Waals surface area contributed by atoms with Crippen LogP contribution in [0.1, 0.15) is 30.7 Å². The van der Waals surface area contributed by atoms with Gasteiger partial charge in [0.2, 0.25) is 0 Å². The first kappa shape index (κ1) is 36.2. The third kappa shape index (κ3) is 6.18. The van der Waals surface area contributed by atoms with Crippen LogP contribution in [0.5, 0.6) is 0 Å². The van der Waals surface area contributed by atoms with E-state index >= 15 is 0 Å². The largest absolute Gasteiger partial charge is 0.313 e. The lowest BCUT2D eigenvalue weighted by Crippen LogP contribution is -2.06. The number of allylic oxidation sites excluding steroid dienone is 8. The minimum Gasteiger partial charge on any atom is -0.313 e. The summed E-state index contributed by atoms with van der Waals surface area (Å²) < 4.78 is 4.98. The fourth-order valence-electron chi connectivity index (χ4n) is 10.2. The van der Waals surface area contributed by atoms with Gasteiger partial charge in [0.05, 0.1) is 27.8 Å². The predicted molar refractivity (Wildman–Crippen MR) is 263 cm³/mol. The smallest absolute Gasteiger partial charge is 0.0546 e. The lowest BCUT2D eigenvalue weighted by atomic mass is 9.83. The van der Waals surface area contributed by atoms with Gasteiger partial charge in [-0.1, -0.05) is 176 Å². The van der Waals surface area contributed by atoms with Crippen molar-refractivity contribution in [3.8, 4) is 39.1 Å². The molecule has 1 atom stereocenters. The van der Waals surface area contributed by atoms with Gasteiger partial charge in [-0.15, -0.1) is 0 Å². The van der Waals surface area contributed by atoms with Crippen molar-refractivity contribution in [2.24, 2.45) is 0 Å². The van der Waals surface area contributed by atoms with E-state index in [9.17, 15) is 0 Å². The Morgan fingerprint density at radius 2 is 0.919 bits per heavy atom. The summed E-state index contributed by atoms with van der Waals surface area (Å²) in [7, 11) is 0. The van der Waals surface area contributed by atoms with Crippen LogP contribution in [-0.4, -0.2) is 9.13 Å². The Labute approximate surface area is 362 Å². The summed E-state index contributed by atoms with van der Waals surface area (Å²) >= 11 is 0. The van der Waals surface area contributed by atoms with E-state index in [4.69, 9.17) is 0 Å². The molecule has 0 spiro atoms. The van der Waals surface area contributed by atoms with E-state index in [-0.39, 0.29) is 0 Å². The van der Waals surface area contributed by atoms with Crippen molar-refractivity contribution in [2.45, 2.75) is 25.2 Å². The number of nitrogens with zero attached hydrogens (tertiary/aromatic N) is 2. The van der Waals surface area contributed by atoms with Crippen molar-refractivity contribution in [1.82, 2.24) is 9.13 Å². The highest BCUT2D eigenvalue weighted by Crippen LogP contribution is 2.42. The minimum absolute atomic E-state index is 0.429. The van der Waals surface area contributed by atoms with Gasteiger partial charge in [0.15, 0.2) is 0 Å². The maximum atomic E-state index is 2.51. The Bertz CT molecular complexity index is 3460. The fraction of sp³-hybridized carbons (Fsp3) is 0.0667. The van der Waals surface area contributed by atoms with Crippen molar-refractivity contribution in [3.63, 3.8) is 0 Å². The Hall–Kier alpha value is -7.68. The average molecular weight is 793 g/mol. The quantitative estimate of drug-likeness (QED) is 0.152. The van der Waals surface area contributed by atoms with Gasteiger partial charge in [0.25, 0.3) is 0 Å². The topological polar surface area (TPSA) is 9.86 Å². The highest BCUT2D eigenvalue weighted by Gasteiger charge is 2.22. The van der Waals surface area contributed by atoms with Crippen LogP contribution in [0.2, 0.25) is 0 Å². The second kappa shape index (κ2) is 15.1. The molecule has 2 heteroatoms. The summed E-state index contributed by atoms with van der Waals surface area (Å²) in [6.07, 6.45) is 14.8. The van der Waals surface area contributed by atoms with E-state index in [1.165, 1.54) is 105 Å². The normalized spacial score (nSPS) is 15.3. The first-order valence-corrected chi connectivity index (χ1v) is 21.9. The molecule has 8 aromatic carbocycles.